The second-order valence-electron chi connectivity index (χ2n) is 4.10. The SMILES string of the molecule is CCCC(CC)(CCC)CCO[SiH3]. The second-order valence-corrected chi connectivity index (χ2v) is 4.67. The van der Waals surface area contributed by atoms with Crippen LogP contribution in [0.15, 0.2) is 0 Å². The fraction of sp³-hybridized carbons (Fsp3) is 1.00. The molecule has 0 spiro atoms. The summed E-state index contributed by atoms with van der Waals surface area (Å²) in [5, 5.41) is 0. The smallest absolute Gasteiger partial charge is 0.145 e. The molecule has 0 saturated heterocycles. The number of rotatable bonds is 8. The lowest BCUT2D eigenvalue weighted by atomic mass is 9.74. The highest BCUT2D eigenvalue weighted by atomic mass is 28.2. The van der Waals surface area contributed by atoms with Crippen LogP contribution in [0.3, 0.4) is 0 Å². The van der Waals surface area contributed by atoms with E-state index in [2.05, 4.69) is 20.8 Å². The molecule has 0 aliphatic rings. The standard InChI is InChI=1S/C11H26OSi/c1-4-7-11(6-3,8-5-2)9-10-12-13/h4-10H2,1-3,13H3. The van der Waals surface area contributed by atoms with E-state index in [0.717, 1.165) is 17.1 Å². The average molecular weight is 202 g/mol. The van der Waals surface area contributed by atoms with Gasteiger partial charge >= 0.3 is 0 Å². The van der Waals surface area contributed by atoms with Gasteiger partial charge in [0.05, 0.1) is 0 Å². The summed E-state index contributed by atoms with van der Waals surface area (Å²) in [6.07, 6.45) is 7.97. The van der Waals surface area contributed by atoms with Crippen molar-refractivity contribution in [2.45, 2.75) is 59.3 Å². The molecule has 0 aromatic heterocycles. The van der Waals surface area contributed by atoms with Gasteiger partial charge in [-0.3, -0.25) is 0 Å². The lowest BCUT2D eigenvalue weighted by Crippen LogP contribution is -2.21. The van der Waals surface area contributed by atoms with Crippen LogP contribution >= 0.6 is 0 Å². The summed E-state index contributed by atoms with van der Waals surface area (Å²) < 4.78 is 5.33. The minimum Gasteiger partial charge on any atom is -0.428 e. The Morgan fingerprint density at radius 1 is 1.00 bits per heavy atom. The fourth-order valence-corrected chi connectivity index (χ4v) is 2.49. The van der Waals surface area contributed by atoms with Gasteiger partial charge in [-0.25, -0.2) is 0 Å². The van der Waals surface area contributed by atoms with Gasteiger partial charge in [0.15, 0.2) is 0 Å². The van der Waals surface area contributed by atoms with Crippen LogP contribution in [0.5, 0.6) is 0 Å². The molecule has 13 heavy (non-hydrogen) atoms. The van der Waals surface area contributed by atoms with E-state index in [1.807, 2.05) is 0 Å². The second kappa shape index (κ2) is 7.57. The highest BCUT2D eigenvalue weighted by Crippen LogP contribution is 2.36. The zero-order chi connectivity index (χ0) is 10.2. The first kappa shape index (κ1) is 13.2. The van der Waals surface area contributed by atoms with Gasteiger partial charge in [-0.15, -0.1) is 0 Å². The Bertz CT molecular complexity index is 109. The molecular weight excluding hydrogens is 176 g/mol. The van der Waals surface area contributed by atoms with Crippen LogP contribution in [0.25, 0.3) is 0 Å². The summed E-state index contributed by atoms with van der Waals surface area (Å²) in [5.41, 5.74) is 0.591. The Morgan fingerprint density at radius 3 is 1.85 bits per heavy atom. The molecule has 0 heterocycles. The highest BCUT2D eigenvalue weighted by Gasteiger charge is 2.25. The number of hydrogen-bond donors (Lipinski definition) is 0. The first-order valence-electron chi connectivity index (χ1n) is 5.73. The normalized spacial score (nSPS) is 12.2. The fourth-order valence-electron chi connectivity index (χ4n) is 2.28. The van der Waals surface area contributed by atoms with Crippen molar-refractivity contribution >= 4 is 10.5 Å². The quantitative estimate of drug-likeness (QED) is 0.550. The van der Waals surface area contributed by atoms with Gasteiger partial charge < -0.3 is 4.43 Å². The summed E-state index contributed by atoms with van der Waals surface area (Å²) in [7, 11) is 0.893. The molecule has 0 amide bonds. The molecule has 0 aromatic rings. The molecule has 0 bridgehead atoms. The molecule has 0 saturated carbocycles. The van der Waals surface area contributed by atoms with Crippen molar-refractivity contribution in [2.24, 2.45) is 5.41 Å². The van der Waals surface area contributed by atoms with Gasteiger partial charge in [-0.05, 0) is 24.7 Å². The van der Waals surface area contributed by atoms with Crippen molar-refractivity contribution in [3.63, 3.8) is 0 Å². The van der Waals surface area contributed by atoms with Gasteiger partial charge in [-0.2, -0.15) is 0 Å². The topological polar surface area (TPSA) is 9.23 Å². The Balaban J connectivity index is 4.07. The van der Waals surface area contributed by atoms with Gasteiger partial charge in [-0.1, -0.05) is 40.0 Å². The minimum atomic E-state index is 0.591. The van der Waals surface area contributed by atoms with Gasteiger partial charge in [0.25, 0.3) is 0 Å². The van der Waals surface area contributed by atoms with E-state index < -0.39 is 0 Å². The van der Waals surface area contributed by atoms with Gasteiger partial charge in [0.2, 0.25) is 0 Å². The molecular formula is C11H26OSi. The maximum Gasteiger partial charge on any atom is 0.145 e. The minimum absolute atomic E-state index is 0.591. The van der Waals surface area contributed by atoms with E-state index in [4.69, 9.17) is 4.43 Å². The van der Waals surface area contributed by atoms with Crippen molar-refractivity contribution in [3.05, 3.63) is 0 Å². The van der Waals surface area contributed by atoms with Crippen LogP contribution in [-0.2, 0) is 4.43 Å². The van der Waals surface area contributed by atoms with Crippen LogP contribution < -0.4 is 0 Å². The van der Waals surface area contributed by atoms with E-state index >= 15 is 0 Å². The summed E-state index contributed by atoms with van der Waals surface area (Å²) in [4.78, 5) is 0. The van der Waals surface area contributed by atoms with E-state index in [-0.39, 0.29) is 0 Å². The molecule has 0 rings (SSSR count). The maximum absolute atomic E-state index is 5.33. The summed E-state index contributed by atoms with van der Waals surface area (Å²) in [6, 6.07) is 0. The van der Waals surface area contributed by atoms with Crippen LogP contribution in [0, 0.1) is 5.41 Å². The predicted molar refractivity (Wildman–Crippen MR) is 63.0 cm³/mol. The van der Waals surface area contributed by atoms with Crippen LogP contribution in [0.2, 0.25) is 0 Å². The van der Waals surface area contributed by atoms with E-state index in [1.165, 1.54) is 38.5 Å². The number of hydrogen-bond acceptors (Lipinski definition) is 1. The largest absolute Gasteiger partial charge is 0.428 e. The first-order chi connectivity index (χ1) is 6.24. The molecule has 0 aliphatic heterocycles. The Labute approximate surface area is 86.8 Å². The van der Waals surface area contributed by atoms with Gasteiger partial charge in [0.1, 0.15) is 10.5 Å². The lowest BCUT2D eigenvalue weighted by Gasteiger charge is -2.32. The molecule has 0 radical (unpaired) electrons. The van der Waals surface area contributed by atoms with Crippen molar-refractivity contribution in [2.75, 3.05) is 6.61 Å². The van der Waals surface area contributed by atoms with E-state index in [0.29, 0.717) is 5.41 Å². The Kier molecular flexibility index (Phi) is 7.67. The van der Waals surface area contributed by atoms with Crippen LogP contribution in [-0.4, -0.2) is 17.1 Å². The molecule has 1 nitrogen and oxygen atoms in total. The molecule has 80 valence electrons. The zero-order valence-electron chi connectivity index (χ0n) is 9.86. The zero-order valence-corrected chi connectivity index (χ0v) is 11.9. The third-order valence-electron chi connectivity index (χ3n) is 3.15. The molecule has 0 unspecified atom stereocenters. The molecule has 0 N–H and O–H groups in total. The van der Waals surface area contributed by atoms with Crippen molar-refractivity contribution < 1.29 is 4.43 Å². The van der Waals surface area contributed by atoms with Gasteiger partial charge in [0, 0.05) is 6.61 Å². The van der Waals surface area contributed by atoms with Crippen molar-refractivity contribution in [1.82, 2.24) is 0 Å². The molecule has 0 fully saturated rings. The molecule has 2 heteroatoms. The third-order valence-corrected chi connectivity index (χ3v) is 3.56. The molecule has 0 aromatic carbocycles. The van der Waals surface area contributed by atoms with Crippen LogP contribution in [0.4, 0.5) is 0 Å². The summed E-state index contributed by atoms with van der Waals surface area (Å²) in [6.45, 7) is 7.90. The molecule has 0 atom stereocenters. The summed E-state index contributed by atoms with van der Waals surface area (Å²) in [5.74, 6) is 0. The predicted octanol–water partition coefficient (Wildman–Crippen LogP) is 2.67. The Hall–Kier alpha value is 0.177. The maximum atomic E-state index is 5.33. The first-order valence-corrected chi connectivity index (χ1v) is 6.55. The summed E-state index contributed by atoms with van der Waals surface area (Å²) >= 11 is 0. The average Bonchev–Trinajstić information content (AvgIpc) is 2.15. The molecule has 0 aliphatic carbocycles. The van der Waals surface area contributed by atoms with Crippen LogP contribution in [0.1, 0.15) is 59.3 Å². The monoisotopic (exact) mass is 202 g/mol. The van der Waals surface area contributed by atoms with Crippen molar-refractivity contribution in [1.29, 1.82) is 0 Å². The lowest BCUT2D eigenvalue weighted by molar-refractivity contribution is 0.163. The van der Waals surface area contributed by atoms with E-state index in [1.54, 1.807) is 0 Å². The highest BCUT2D eigenvalue weighted by molar-refractivity contribution is 5.97. The van der Waals surface area contributed by atoms with E-state index in [9.17, 15) is 0 Å². The third kappa shape index (κ3) is 4.82. The Morgan fingerprint density at radius 2 is 1.54 bits per heavy atom. The van der Waals surface area contributed by atoms with Crippen molar-refractivity contribution in [3.8, 4) is 0 Å².